The predicted octanol–water partition coefficient (Wildman–Crippen LogP) is 9.91. The van der Waals surface area contributed by atoms with Gasteiger partial charge >= 0.3 is 0 Å². The van der Waals surface area contributed by atoms with Crippen molar-refractivity contribution in [3.63, 3.8) is 0 Å². The van der Waals surface area contributed by atoms with Gasteiger partial charge in [-0.2, -0.15) is 10.2 Å². The topological polar surface area (TPSA) is 30.7 Å². The zero-order valence-corrected chi connectivity index (χ0v) is 22.2. The smallest absolute Gasteiger partial charge is 0.0596 e. The minimum atomic E-state index is 1.08. The van der Waals surface area contributed by atoms with E-state index < -0.39 is 0 Å². The molecule has 0 aliphatic carbocycles. The van der Waals surface area contributed by atoms with Gasteiger partial charge in [0.1, 0.15) is 0 Å². The van der Waals surface area contributed by atoms with E-state index in [-0.39, 0.29) is 0 Å². The Morgan fingerprint density at radius 2 is 1.20 bits per heavy atom. The molecule has 0 fully saturated rings. The summed E-state index contributed by atoms with van der Waals surface area (Å²) in [5.41, 5.74) is 5.90. The van der Waals surface area contributed by atoms with Gasteiger partial charge in [0, 0.05) is 47.3 Å². The fourth-order valence-corrected chi connectivity index (χ4v) is 7.62. The van der Waals surface area contributed by atoms with Crippen molar-refractivity contribution in [3.05, 3.63) is 128 Å². The molecule has 0 spiro atoms. The summed E-state index contributed by atoms with van der Waals surface area (Å²) in [6.07, 6.45) is 3.84. The Balaban J connectivity index is 1.37. The molecule has 4 heteroatoms. The fraction of sp³-hybridized carbons (Fsp3) is 0. The first-order chi connectivity index (χ1) is 19.8. The summed E-state index contributed by atoms with van der Waals surface area (Å²) in [4.78, 5) is 0. The van der Waals surface area contributed by atoms with Crippen LogP contribution in [0.4, 0.5) is 0 Å². The maximum atomic E-state index is 4.36. The van der Waals surface area contributed by atoms with Gasteiger partial charge in [0.05, 0.1) is 29.1 Å². The second-order valence-corrected chi connectivity index (χ2v) is 11.4. The standard InChI is InChI=1S/C36H21N3S/c1-2-9-23-19-34-29(18-22(23)8-1)25-10-3-5-14-32(25)39(34)33-17-16-24(30-20-37-38-21-31(30)33)27-12-7-13-28-26-11-4-6-15-35(26)40-36(27)28/h1-21H. The first-order valence-electron chi connectivity index (χ1n) is 13.4. The third kappa shape index (κ3) is 2.99. The molecule has 3 nitrogen and oxygen atoms in total. The normalized spacial score (nSPS) is 12.0. The van der Waals surface area contributed by atoms with E-state index in [0.29, 0.717) is 0 Å². The zero-order valence-electron chi connectivity index (χ0n) is 21.4. The molecule has 0 saturated heterocycles. The number of thiophene rings is 1. The average Bonchev–Trinajstić information content (AvgIpc) is 3.55. The molecule has 186 valence electrons. The van der Waals surface area contributed by atoms with Gasteiger partial charge < -0.3 is 4.57 Å². The second-order valence-electron chi connectivity index (χ2n) is 10.3. The zero-order chi connectivity index (χ0) is 26.2. The molecule has 0 aliphatic heterocycles. The Morgan fingerprint density at radius 1 is 0.475 bits per heavy atom. The number of hydrogen-bond acceptors (Lipinski definition) is 3. The van der Waals surface area contributed by atoms with E-state index in [1.807, 2.05) is 23.7 Å². The SMILES string of the molecule is c1ccc2cc3c(cc2c1)c1ccccc1n3-c1ccc(-c2cccc3c2sc2ccccc23)c2cnncc12. The molecule has 0 unspecified atom stereocenters. The summed E-state index contributed by atoms with van der Waals surface area (Å²) < 4.78 is 5.01. The summed E-state index contributed by atoms with van der Waals surface area (Å²) in [6, 6.07) is 41.7. The number of aromatic nitrogens is 3. The van der Waals surface area contributed by atoms with Gasteiger partial charge in [-0.1, -0.05) is 84.9 Å². The largest absolute Gasteiger partial charge is 0.309 e. The highest BCUT2D eigenvalue weighted by Crippen LogP contribution is 2.43. The number of hydrogen-bond donors (Lipinski definition) is 0. The monoisotopic (exact) mass is 527 g/mol. The molecule has 9 aromatic rings. The van der Waals surface area contributed by atoms with Crippen molar-refractivity contribution < 1.29 is 0 Å². The first-order valence-corrected chi connectivity index (χ1v) is 14.2. The van der Waals surface area contributed by atoms with Crippen LogP contribution in [0.15, 0.2) is 128 Å². The van der Waals surface area contributed by atoms with Crippen LogP contribution in [0.1, 0.15) is 0 Å². The lowest BCUT2D eigenvalue weighted by molar-refractivity contribution is 1.05. The van der Waals surface area contributed by atoms with Crippen LogP contribution < -0.4 is 0 Å². The number of para-hydroxylation sites is 1. The fourth-order valence-electron chi connectivity index (χ4n) is 6.39. The van der Waals surface area contributed by atoms with Gasteiger partial charge in [-0.25, -0.2) is 0 Å². The Hall–Kier alpha value is -5.06. The highest BCUT2D eigenvalue weighted by atomic mass is 32.1. The van der Waals surface area contributed by atoms with E-state index in [1.54, 1.807) is 0 Å². The Morgan fingerprint density at radius 3 is 2.10 bits per heavy atom. The van der Waals surface area contributed by atoms with Crippen LogP contribution in [-0.2, 0) is 0 Å². The summed E-state index contributed by atoms with van der Waals surface area (Å²) >= 11 is 1.86. The maximum Gasteiger partial charge on any atom is 0.0596 e. The third-order valence-electron chi connectivity index (χ3n) is 8.18. The van der Waals surface area contributed by atoms with Crippen molar-refractivity contribution >= 4 is 74.9 Å². The molecular formula is C36H21N3S. The van der Waals surface area contributed by atoms with Crippen LogP contribution in [0.5, 0.6) is 0 Å². The molecular weight excluding hydrogens is 506 g/mol. The lowest BCUT2D eigenvalue weighted by Crippen LogP contribution is -1.97. The van der Waals surface area contributed by atoms with Crippen LogP contribution >= 0.6 is 11.3 Å². The van der Waals surface area contributed by atoms with Gasteiger partial charge in [0.25, 0.3) is 0 Å². The van der Waals surface area contributed by atoms with Crippen LogP contribution in [0.3, 0.4) is 0 Å². The van der Waals surface area contributed by atoms with Gasteiger partial charge in [0.15, 0.2) is 0 Å². The van der Waals surface area contributed by atoms with Crippen LogP contribution in [-0.4, -0.2) is 14.8 Å². The summed E-state index contributed by atoms with van der Waals surface area (Å²) in [5.74, 6) is 0. The van der Waals surface area contributed by atoms with Gasteiger partial charge in [-0.05, 0) is 46.7 Å². The Labute approximate surface area is 233 Å². The van der Waals surface area contributed by atoms with Crippen LogP contribution in [0, 0.1) is 0 Å². The van der Waals surface area contributed by atoms with Crippen molar-refractivity contribution in [2.45, 2.75) is 0 Å². The van der Waals surface area contributed by atoms with Gasteiger partial charge in [-0.15, -0.1) is 11.3 Å². The molecule has 0 aliphatic rings. The maximum absolute atomic E-state index is 4.36. The summed E-state index contributed by atoms with van der Waals surface area (Å²) in [7, 11) is 0. The highest BCUT2D eigenvalue weighted by Gasteiger charge is 2.18. The van der Waals surface area contributed by atoms with Gasteiger partial charge in [-0.3, -0.25) is 0 Å². The molecule has 0 saturated carbocycles. The van der Waals surface area contributed by atoms with Gasteiger partial charge in [0.2, 0.25) is 0 Å². The molecule has 0 atom stereocenters. The lowest BCUT2D eigenvalue weighted by atomic mass is 9.97. The van der Waals surface area contributed by atoms with Crippen molar-refractivity contribution in [2.24, 2.45) is 0 Å². The van der Waals surface area contributed by atoms with E-state index in [1.165, 1.54) is 63.9 Å². The van der Waals surface area contributed by atoms with E-state index in [4.69, 9.17) is 0 Å². The highest BCUT2D eigenvalue weighted by molar-refractivity contribution is 7.26. The quantitative estimate of drug-likeness (QED) is 0.224. The molecule has 0 amide bonds. The molecule has 0 bridgehead atoms. The van der Waals surface area contributed by atoms with E-state index in [2.05, 4.69) is 130 Å². The third-order valence-corrected chi connectivity index (χ3v) is 9.40. The number of benzene rings is 6. The molecule has 3 aromatic heterocycles. The number of nitrogens with zero attached hydrogens (tertiary/aromatic N) is 3. The van der Waals surface area contributed by atoms with Crippen LogP contribution in [0.25, 0.3) is 80.3 Å². The number of fused-ring (bicyclic) bond motifs is 8. The molecule has 9 rings (SSSR count). The molecule has 40 heavy (non-hydrogen) atoms. The molecule has 3 heterocycles. The Bertz CT molecular complexity index is 2450. The van der Waals surface area contributed by atoms with E-state index in [9.17, 15) is 0 Å². The Kier molecular flexibility index (Phi) is 4.48. The average molecular weight is 528 g/mol. The number of rotatable bonds is 2. The minimum absolute atomic E-state index is 1.08. The van der Waals surface area contributed by atoms with E-state index >= 15 is 0 Å². The molecule has 0 N–H and O–H groups in total. The van der Waals surface area contributed by atoms with Crippen molar-refractivity contribution in [2.75, 3.05) is 0 Å². The second kappa shape index (κ2) is 8.22. The molecule has 6 aromatic carbocycles. The summed E-state index contributed by atoms with van der Waals surface area (Å²) in [5, 5.41) is 18.5. The molecule has 0 radical (unpaired) electrons. The van der Waals surface area contributed by atoms with Crippen molar-refractivity contribution in [3.8, 4) is 16.8 Å². The summed E-state index contributed by atoms with van der Waals surface area (Å²) in [6.45, 7) is 0. The lowest BCUT2D eigenvalue weighted by Gasteiger charge is -2.15. The van der Waals surface area contributed by atoms with E-state index in [0.717, 1.165) is 16.5 Å². The predicted molar refractivity (Wildman–Crippen MR) is 170 cm³/mol. The van der Waals surface area contributed by atoms with Crippen LogP contribution in [0.2, 0.25) is 0 Å². The minimum Gasteiger partial charge on any atom is -0.309 e. The first kappa shape index (κ1) is 21.8. The van der Waals surface area contributed by atoms with Crippen molar-refractivity contribution in [1.29, 1.82) is 0 Å². The van der Waals surface area contributed by atoms with Crippen molar-refractivity contribution in [1.82, 2.24) is 14.8 Å².